The van der Waals surface area contributed by atoms with Crippen LogP contribution < -0.4 is 0 Å². The molecular formula is C12H18N2O3. The van der Waals surface area contributed by atoms with Gasteiger partial charge in [-0.2, -0.15) is 0 Å². The number of carbonyl (C=O) groups excluding carboxylic acids is 1. The molecule has 0 aromatic heterocycles. The zero-order chi connectivity index (χ0) is 12.8. The van der Waals surface area contributed by atoms with Crippen molar-refractivity contribution in [3.63, 3.8) is 0 Å². The number of piperidine rings is 1. The zero-order valence-corrected chi connectivity index (χ0v) is 10.1. The molecule has 0 aliphatic carbocycles. The number of rotatable bonds is 3. The van der Waals surface area contributed by atoms with Crippen LogP contribution in [0.1, 0.15) is 19.8 Å². The lowest BCUT2D eigenvalue weighted by atomic mass is 9.99. The number of likely N-dealkylation sites (tertiary alicyclic amines) is 1. The van der Waals surface area contributed by atoms with Crippen molar-refractivity contribution < 1.29 is 14.7 Å². The van der Waals surface area contributed by atoms with Crippen LogP contribution in [0.5, 0.6) is 0 Å². The van der Waals surface area contributed by atoms with Gasteiger partial charge in [0.05, 0.1) is 12.5 Å². The van der Waals surface area contributed by atoms with Crippen molar-refractivity contribution in [2.75, 3.05) is 26.2 Å². The Hall–Kier alpha value is -1.70. The van der Waals surface area contributed by atoms with Gasteiger partial charge in [0, 0.05) is 19.6 Å². The lowest BCUT2D eigenvalue weighted by Gasteiger charge is -2.34. The molecule has 1 atom stereocenters. The smallest absolute Gasteiger partial charge is 0.320 e. The van der Waals surface area contributed by atoms with Gasteiger partial charge in [0.25, 0.3) is 0 Å². The quantitative estimate of drug-likeness (QED) is 0.742. The van der Waals surface area contributed by atoms with Crippen LogP contribution in [0.15, 0.2) is 0 Å². The van der Waals surface area contributed by atoms with Crippen LogP contribution in [-0.2, 0) is 4.79 Å². The first kappa shape index (κ1) is 13.4. The van der Waals surface area contributed by atoms with Crippen molar-refractivity contribution in [3.8, 4) is 12.3 Å². The van der Waals surface area contributed by atoms with E-state index in [2.05, 4.69) is 5.92 Å². The number of aliphatic carboxylic acids is 1. The maximum Gasteiger partial charge on any atom is 0.320 e. The van der Waals surface area contributed by atoms with E-state index in [0.717, 1.165) is 6.42 Å². The van der Waals surface area contributed by atoms with E-state index in [0.29, 0.717) is 19.5 Å². The number of hydrogen-bond acceptors (Lipinski definition) is 2. The van der Waals surface area contributed by atoms with E-state index >= 15 is 0 Å². The fourth-order valence-corrected chi connectivity index (χ4v) is 1.98. The first-order chi connectivity index (χ1) is 8.10. The number of hydrogen-bond donors (Lipinski definition) is 1. The second-order valence-corrected chi connectivity index (χ2v) is 4.12. The van der Waals surface area contributed by atoms with Gasteiger partial charge in [-0.05, 0) is 19.8 Å². The molecule has 1 saturated heterocycles. The SMILES string of the molecule is C#CCN(CC)C(=O)N1CCC[C@H](C(=O)O)C1. The molecule has 0 unspecified atom stereocenters. The van der Waals surface area contributed by atoms with Gasteiger partial charge in [0.1, 0.15) is 0 Å². The molecule has 0 bridgehead atoms. The van der Waals surface area contributed by atoms with Crippen molar-refractivity contribution in [1.29, 1.82) is 0 Å². The third-order valence-electron chi connectivity index (χ3n) is 2.98. The molecule has 5 heteroatoms. The summed E-state index contributed by atoms with van der Waals surface area (Å²) in [7, 11) is 0. The summed E-state index contributed by atoms with van der Waals surface area (Å²) in [5.74, 6) is 1.16. The van der Waals surface area contributed by atoms with Gasteiger partial charge < -0.3 is 14.9 Å². The van der Waals surface area contributed by atoms with E-state index in [1.807, 2.05) is 6.92 Å². The number of terminal acetylenes is 1. The number of carboxylic acid groups (broad SMARTS) is 1. The molecule has 2 amide bonds. The number of urea groups is 1. The molecular weight excluding hydrogens is 220 g/mol. The van der Waals surface area contributed by atoms with Gasteiger partial charge in [-0.25, -0.2) is 4.79 Å². The van der Waals surface area contributed by atoms with Gasteiger partial charge in [-0.3, -0.25) is 4.79 Å². The maximum atomic E-state index is 12.1. The van der Waals surface area contributed by atoms with E-state index < -0.39 is 11.9 Å². The standard InChI is InChI=1S/C12H18N2O3/c1-3-7-13(4-2)12(17)14-8-5-6-10(9-14)11(15)16/h1,10H,4-9H2,2H3,(H,15,16)/t10-/m0/s1. The van der Waals surface area contributed by atoms with Gasteiger partial charge in [0.2, 0.25) is 0 Å². The number of amides is 2. The molecule has 1 fully saturated rings. The Labute approximate surface area is 101 Å². The van der Waals surface area contributed by atoms with Crippen LogP contribution in [0, 0.1) is 18.3 Å². The molecule has 1 aliphatic heterocycles. The van der Waals surface area contributed by atoms with Gasteiger partial charge >= 0.3 is 12.0 Å². The Morgan fingerprint density at radius 1 is 1.59 bits per heavy atom. The van der Waals surface area contributed by atoms with E-state index in [4.69, 9.17) is 11.5 Å². The molecule has 5 nitrogen and oxygen atoms in total. The summed E-state index contributed by atoms with van der Waals surface area (Å²) in [6.45, 7) is 3.56. The minimum Gasteiger partial charge on any atom is -0.481 e. The van der Waals surface area contributed by atoms with Crippen LogP contribution in [0.4, 0.5) is 4.79 Å². The van der Waals surface area contributed by atoms with E-state index in [1.165, 1.54) is 0 Å². The Balaban J connectivity index is 2.62. The second kappa shape index (κ2) is 6.14. The summed E-state index contributed by atoms with van der Waals surface area (Å²) >= 11 is 0. The largest absolute Gasteiger partial charge is 0.481 e. The van der Waals surface area contributed by atoms with Crippen molar-refractivity contribution in [3.05, 3.63) is 0 Å². The highest BCUT2D eigenvalue weighted by molar-refractivity contribution is 5.77. The average molecular weight is 238 g/mol. The zero-order valence-electron chi connectivity index (χ0n) is 10.1. The summed E-state index contributed by atoms with van der Waals surface area (Å²) in [4.78, 5) is 26.1. The lowest BCUT2D eigenvalue weighted by molar-refractivity contribution is -0.143. The monoisotopic (exact) mass is 238 g/mol. The third-order valence-corrected chi connectivity index (χ3v) is 2.98. The fourth-order valence-electron chi connectivity index (χ4n) is 1.98. The highest BCUT2D eigenvalue weighted by Gasteiger charge is 2.29. The fraction of sp³-hybridized carbons (Fsp3) is 0.667. The van der Waals surface area contributed by atoms with E-state index in [9.17, 15) is 9.59 Å². The Morgan fingerprint density at radius 3 is 2.82 bits per heavy atom. The molecule has 94 valence electrons. The topological polar surface area (TPSA) is 60.9 Å². The van der Waals surface area contributed by atoms with Crippen LogP contribution >= 0.6 is 0 Å². The Kier molecular flexibility index (Phi) is 4.83. The molecule has 1 N–H and O–H groups in total. The summed E-state index contributed by atoms with van der Waals surface area (Å²) in [5, 5.41) is 8.95. The molecule has 1 heterocycles. The minimum absolute atomic E-state index is 0.156. The predicted octanol–water partition coefficient (Wildman–Crippen LogP) is 0.858. The van der Waals surface area contributed by atoms with Crippen LogP contribution in [-0.4, -0.2) is 53.1 Å². The number of carboxylic acids is 1. The van der Waals surface area contributed by atoms with Crippen molar-refractivity contribution in [2.24, 2.45) is 5.92 Å². The minimum atomic E-state index is -0.831. The lowest BCUT2D eigenvalue weighted by Crippen LogP contribution is -2.48. The van der Waals surface area contributed by atoms with E-state index in [-0.39, 0.29) is 19.1 Å². The summed E-state index contributed by atoms with van der Waals surface area (Å²) in [6.07, 6.45) is 6.56. The highest BCUT2D eigenvalue weighted by Crippen LogP contribution is 2.17. The predicted molar refractivity (Wildman–Crippen MR) is 63.4 cm³/mol. The van der Waals surface area contributed by atoms with Gasteiger partial charge in [-0.1, -0.05) is 5.92 Å². The molecule has 0 radical (unpaired) electrons. The maximum absolute atomic E-state index is 12.1. The molecule has 0 saturated carbocycles. The molecule has 1 rings (SSSR count). The average Bonchev–Trinajstić information content (AvgIpc) is 2.35. The third kappa shape index (κ3) is 3.38. The van der Waals surface area contributed by atoms with Crippen LogP contribution in [0.3, 0.4) is 0 Å². The highest BCUT2D eigenvalue weighted by atomic mass is 16.4. The Morgan fingerprint density at radius 2 is 2.29 bits per heavy atom. The number of carbonyl (C=O) groups is 2. The van der Waals surface area contributed by atoms with Crippen LogP contribution in [0.25, 0.3) is 0 Å². The first-order valence-electron chi connectivity index (χ1n) is 5.80. The molecule has 0 spiro atoms. The van der Waals surface area contributed by atoms with Crippen molar-refractivity contribution >= 4 is 12.0 Å². The molecule has 0 aromatic carbocycles. The molecule has 17 heavy (non-hydrogen) atoms. The molecule has 1 aliphatic rings. The van der Waals surface area contributed by atoms with Gasteiger partial charge in [0.15, 0.2) is 0 Å². The van der Waals surface area contributed by atoms with E-state index in [1.54, 1.807) is 9.80 Å². The Bertz CT molecular complexity index is 335. The summed E-state index contributed by atoms with van der Waals surface area (Å²) < 4.78 is 0. The van der Waals surface area contributed by atoms with Crippen molar-refractivity contribution in [1.82, 2.24) is 9.80 Å². The number of nitrogens with zero attached hydrogens (tertiary/aromatic N) is 2. The van der Waals surface area contributed by atoms with Crippen LogP contribution in [0.2, 0.25) is 0 Å². The molecule has 0 aromatic rings. The van der Waals surface area contributed by atoms with Crippen molar-refractivity contribution in [2.45, 2.75) is 19.8 Å². The summed E-state index contributed by atoms with van der Waals surface area (Å²) in [6, 6.07) is -0.156. The normalized spacial score (nSPS) is 19.5. The second-order valence-electron chi connectivity index (χ2n) is 4.12. The first-order valence-corrected chi connectivity index (χ1v) is 5.80. The summed E-state index contributed by atoms with van der Waals surface area (Å²) in [5.41, 5.74) is 0. The van der Waals surface area contributed by atoms with Gasteiger partial charge in [-0.15, -0.1) is 6.42 Å².